The normalized spacial score (nSPS) is 11.2. The molecule has 0 radical (unpaired) electrons. The molecule has 1 aromatic carbocycles. The summed E-state index contributed by atoms with van der Waals surface area (Å²) in [5.41, 5.74) is 0.598. The number of anilines is 3. The third-order valence-corrected chi connectivity index (χ3v) is 4.09. The van der Waals surface area contributed by atoms with Crippen molar-refractivity contribution in [2.45, 2.75) is 16.2 Å². The van der Waals surface area contributed by atoms with Gasteiger partial charge in [-0.15, -0.1) is 0 Å². The Morgan fingerprint density at radius 2 is 1.77 bits per heavy atom. The Bertz CT molecular complexity index is 752. The number of alkyl halides is 1. The van der Waals surface area contributed by atoms with Crippen molar-refractivity contribution in [3.05, 3.63) is 30.1 Å². The molecule has 22 heavy (non-hydrogen) atoms. The molecule has 3 N–H and O–H groups in total. The predicted molar refractivity (Wildman–Crippen MR) is 91.3 cm³/mol. The quantitative estimate of drug-likeness (QED) is 0.359. The Kier molecular flexibility index (Phi) is 5.47. The fourth-order valence-corrected chi connectivity index (χ4v) is 2.43. The summed E-state index contributed by atoms with van der Waals surface area (Å²) < 4.78 is 31.6. The molecule has 2 rings (SSSR count). The van der Waals surface area contributed by atoms with Crippen LogP contribution in [0.25, 0.3) is 0 Å². The molecular formula is C12H14IN5O3S. The highest BCUT2D eigenvalue weighted by atomic mass is 127. The van der Waals surface area contributed by atoms with Crippen molar-refractivity contribution in [2.75, 3.05) is 17.2 Å². The zero-order chi connectivity index (χ0) is 16.2. The summed E-state index contributed by atoms with van der Waals surface area (Å²) in [6, 6.07) is 5.62. The fraction of sp³-hybridized carbons (Fsp3) is 0.250. The molecule has 10 heteroatoms. The molecule has 0 spiro atoms. The van der Waals surface area contributed by atoms with Crippen LogP contribution in [-0.2, 0) is 14.5 Å². The van der Waals surface area contributed by atoms with Crippen LogP contribution >= 0.6 is 22.6 Å². The zero-order valence-corrected chi connectivity index (χ0v) is 14.6. The van der Waals surface area contributed by atoms with E-state index in [1.807, 2.05) is 6.92 Å². The lowest BCUT2D eigenvalue weighted by Crippen LogP contribution is -2.08. The minimum Gasteiger partial charge on any atom is -0.354 e. The highest BCUT2D eigenvalue weighted by Gasteiger charge is 2.10. The van der Waals surface area contributed by atoms with Gasteiger partial charge in [0, 0.05) is 12.2 Å². The third-order valence-electron chi connectivity index (χ3n) is 2.54. The first-order valence-electron chi connectivity index (χ1n) is 6.31. The van der Waals surface area contributed by atoms with Crippen molar-refractivity contribution >= 4 is 50.3 Å². The van der Waals surface area contributed by atoms with Gasteiger partial charge in [0.25, 0.3) is 10.1 Å². The summed E-state index contributed by atoms with van der Waals surface area (Å²) in [6.45, 7) is 2.63. The van der Waals surface area contributed by atoms with Crippen molar-refractivity contribution in [1.82, 2.24) is 15.0 Å². The average Bonchev–Trinajstić information content (AvgIpc) is 2.47. The third kappa shape index (κ3) is 4.48. The monoisotopic (exact) mass is 435 g/mol. The second-order valence-corrected chi connectivity index (χ2v) is 6.37. The van der Waals surface area contributed by atoms with E-state index in [-0.39, 0.29) is 4.90 Å². The van der Waals surface area contributed by atoms with E-state index in [9.17, 15) is 8.42 Å². The Morgan fingerprint density at radius 1 is 1.14 bits per heavy atom. The molecule has 0 bridgehead atoms. The molecule has 1 aromatic heterocycles. The van der Waals surface area contributed by atoms with Gasteiger partial charge in [0.2, 0.25) is 11.9 Å². The summed E-state index contributed by atoms with van der Waals surface area (Å²) in [6.07, 6.45) is 0. The molecule has 0 unspecified atom stereocenters. The maximum Gasteiger partial charge on any atom is 0.294 e. The number of benzene rings is 1. The number of rotatable bonds is 6. The number of hydrogen-bond donors (Lipinski definition) is 3. The SMILES string of the molecule is CCNc1nc(CI)nc(Nc2ccc(S(=O)(=O)O)cc2)n1. The standard InChI is InChI=1S/C12H14IN5O3S/c1-2-14-11-16-10(7-13)17-12(18-11)15-8-3-5-9(6-4-8)22(19,20)21/h3-6H,2,7H2,1H3,(H,19,20,21)(H2,14,15,16,17,18). The second kappa shape index (κ2) is 7.15. The van der Waals surface area contributed by atoms with Crippen LogP contribution in [0.5, 0.6) is 0 Å². The van der Waals surface area contributed by atoms with Gasteiger partial charge in [-0.2, -0.15) is 23.4 Å². The van der Waals surface area contributed by atoms with E-state index in [2.05, 4.69) is 48.2 Å². The Hall–Kier alpha value is -1.53. The number of hydrogen-bond acceptors (Lipinski definition) is 7. The van der Waals surface area contributed by atoms with E-state index in [4.69, 9.17) is 4.55 Å². The first kappa shape index (κ1) is 16.8. The lowest BCUT2D eigenvalue weighted by atomic mass is 10.3. The number of nitrogens with one attached hydrogen (secondary N) is 2. The van der Waals surface area contributed by atoms with E-state index in [0.29, 0.717) is 34.4 Å². The van der Waals surface area contributed by atoms with Crippen LogP contribution in [0.2, 0.25) is 0 Å². The minimum absolute atomic E-state index is 0.171. The molecule has 118 valence electrons. The van der Waals surface area contributed by atoms with Gasteiger partial charge in [-0.05, 0) is 31.2 Å². The largest absolute Gasteiger partial charge is 0.354 e. The molecule has 0 fully saturated rings. The van der Waals surface area contributed by atoms with Crippen molar-refractivity contribution in [3.63, 3.8) is 0 Å². The van der Waals surface area contributed by atoms with Crippen molar-refractivity contribution < 1.29 is 13.0 Å². The number of nitrogens with zero attached hydrogens (tertiary/aromatic N) is 3. The lowest BCUT2D eigenvalue weighted by molar-refractivity contribution is 0.483. The van der Waals surface area contributed by atoms with Crippen molar-refractivity contribution in [1.29, 1.82) is 0 Å². The topological polar surface area (TPSA) is 117 Å². The average molecular weight is 435 g/mol. The summed E-state index contributed by atoms with van der Waals surface area (Å²) in [5, 5.41) is 5.99. The maximum absolute atomic E-state index is 11.0. The van der Waals surface area contributed by atoms with E-state index < -0.39 is 10.1 Å². The van der Waals surface area contributed by atoms with Gasteiger partial charge in [-0.3, -0.25) is 4.55 Å². The van der Waals surface area contributed by atoms with Crippen LogP contribution < -0.4 is 10.6 Å². The maximum atomic E-state index is 11.0. The van der Waals surface area contributed by atoms with Gasteiger partial charge < -0.3 is 10.6 Å². The summed E-state index contributed by atoms with van der Waals surface area (Å²) in [7, 11) is -4.20. The smallest absolute Gasteiger partial charge is 0.294 e. The Balaban J connectivity index is 2.24. The van der Waals surface area contributed by atoms with Crippen molar-refractivity contribution in [2.24, 2.45) is 0 Å². The van der Waals surface area contributed by atoms with Crippen LogP contribution in [0.4, 0.5) is 17.6 Å². The molecule has 0 saturated carbocycles. The van der Waals surface area contributed by atoms with Gasteiger partial charge in [0.1, 0.15) is 5.82 Å². The van der Waals surface area contributed by atoms with Gasteiger partial charge in [-0.1, -0.05) is 22.6 Å². The first-order chi connectivity index (χ1) is 10.4. The van der Waals surface area contributed by atoms with Crippen molar-refractivity contribution in [3.8, 4) is 0 Å². The summed E-state index contributed by atoms with van der Waals surface area (Å²) in [5.74, 6) is 1.46. The molecule has 8 nitrogen and oxygen atoms in total. The molecule has 0 aliphatic carbocycles. The van der Waals surface area contributed by atoms with Crippen LogP contribution in [0.15, 0.2) is 29.2 Å². The van der Waals surface area contributed by atoms with Crippen LogP contribution in [0.3, 0.4) is 0 Å². The van der Waals surface area contributed by atoms with Crippen LogP contribution in [0.1, 0.15) is 12.7 Å². The molecule has 0 saturated heterocycles. The zero-order valence-electron chi connectivity index (χ0n) is 11.6. The van der Waals surface area contributed by atoms with E-state index in [1.54, 1.807) is 0 Å². The molecule has 0 aliphatic heterocycles. The fourth-order valence-electron chi connectivity index (χ4n) is 1.61. The highest BCUT2D eigenvalue weighted by Crippen LogP contribution is 2.18. The van der Waals surface area contributed by atoms with Gasteiger partial charge in [0.05, 0.1) is 9.32 Å². The minimum atomic E-state index is -4.20. The molecule has 2 aromatic rings. The number of aromatic nitrogens is 3. The van der Waals surface area contributed by atoms with Gasteiger partial charge >= 0.3 is 0 Å². The molecule has 0 amide bonds. The number of halogens is 1. The van der Waals surface area contributed by atoms with E-state index >= 15 is 0 Å². The van der Waals surface area contributed by atoms with Crippen LogP contribution in [0, 0.1) is 0 Å². The Morgan fingerprint density at radius 3 is 2.32 bits per heavy atom. The highest BCUT2D eigenvalue weighted by molar-refractivity contribution is 14.1. The predicted octanol–water partition coefficient (Wildman–Crippen LogP) is 2.23. The molecular weight excluding hydrogens is 421 g/mol. The summed E-state index contributed by atoms with van der Waals surface area (Å²) in [4.78, 5) is 12.5. The van der Waals surface area contributed by atoms with Gasteiger partial charge in [-0.25, -0.2) is 0 Å². The lowest BCUT2D eigenvalue weighted by Gasteiger charge is -2.08. The molecule has 1 heterocycles. The summed E-state index contributed by atoms with van der Waals surface area (Å²) >= 11 is 2.16. The molecule has 0 aliphatic rings. The second-order valence-electron chi connectivity index (χ2n) is 4.19. The Labute approximate surface area is 141 Å². The molecule has 0 atom stereocenters. The van der Waals surface area contributed by atoms with Gasteiger partial charge in [0.15, 0.2) is 0 Å². The van der Waals surface area contributed by atoms with E-state index in [1.165, 1.54) is 24.3 Å². The first-order valence-corrected chi connectivity index (χ1v) is 9.28. The van der Waals surface area contributed by atoms with Crippen LogP contribution in [-0.4, -0.2) is 34.5 Å². The van der Waals surface area contributed by atoms with E-state index in [0.717, 1.165) is 0 Å².